The second-order valence-corrected chi connectivity index (χ2v) is 10.5. The number of piperidine rings is 1. The topological polar surface area (TPSA) is 67.3 Å². The molecule has 146 valence electrons. The predicted octanol–water partition coefficient (Wildman–Crippen LogP) is 4.37. The first-order valence-electron chi connectivity index (χ1n) is 8.97. The molecule has 1 aliphatic heterocycles. The first kappa shape index (κ1) is 19.4. The highest BCUT2D eigenvalue weighted by Gasteiger charge is 2.29. The lowest BCUT2D eigenvalue weighted by molar-refractivity contribution is 0.0707. The molecule has 0 saturated carbocycles. The van der Waals surface area contributed by atoms with Crippen LogP contribution in [0.1, 0.15) is 34.1 Å². The summed E-state index contributed by atoms with van der Waals surface area (Å²) in [6, 6.07) is 12.3. The number of carbonyl (C=O) groups excluding carboxylic acids is 1. The largest absolute Gasteiger partial charge is 0.338 e. The van der Waals surface area contributed by atoms with Crippen LogP contribution in [0, 0.1) is 0 Å². The smallest absolute Gasteiger partial charge is 0.255 e. The van der Waals surface area contributed by atoms with Gasteiger partial charge in [0.1, 0.15) is 0 Å². The van der Waals surface area contributed by atoms with E-state index in [1.807, 2.05) is 18.2 Å². The molecular weight excluding hydrogens is 416 g/mol. The summed E-state index contributed by atoms with van der Waals surface area (Å²) in [5, 5.41) is 1.30. The van der Waals surface area contributed by atoms with E-state index in [2.05, 4.69) is 6.07 Å². The van der Waals surface area contributed by atoms with Crippen LogP contribution < -0.4 is 0 Å². The number of hydrogen-bond acceptors (Lipinski definition) is 5. The van der Waals surface area contributed by atoms with Gasteiger partial charge in [-0.15, -0.1) is 11.3 Å². The van der Waals surface area contributed by atoms with Gasteiger partial charge in [-0.3, -0.25) is 4.79 Å². The minimum absolute atomic E-state index is 0.0972. The first-order chi connectivity index (χ1) is 13.3. The summed E-state index contributed by atoms with van der Waals surface area (Å²) in [5.41, 5.74) is 1.21. The normalized spacial score (nSPS) is 17.8. The minimum Gasteiger partial charge on any atom is -0.338 e. The fourth-order valence-corrected chi connectivity index (χ4v) is 5.44. The lowest BCUT2D eigenvalue weighted by Crippen LogP contribution is -2.39. The number of halogens is 1. The summed E-state index contributed by atoms with van der Waals surface area (Å²) in [5.74, 6) is -0.0618. The SMILES string of the molecule is CS(=O)(=O)c1ccc(Cl)c(C(=O)N2CCC[C@@H](c3nc4ccccc4s3)C2)c1. The average molecular weight is 435 g/mol. The number of aromatic nitrogens is 1. The number of nitrogens with zero attached hydrogens (tertiary/aromatic N) is 2. The van der Waals surface area contributed by atoms with Crippen molar-refractivity contribution in [3.8, 4) is 0 Å². The van der Waals surface area contributed by atoms with Crippen LogP contribution in [0.5, 0.6) is 0 Å². The second kappa shape index (κ2) is 7.46. The molecule has 1 amide bonds. The van der Waals surface area contributed by atoms with E-state index in [9.17, 15) is 13.2 Å². The van der Waals surface area contributed by atoms with Crippen molar-refractivity contribution in [1.29, 1.82) is 0 Å². The van der Waals surface area contributed by atoms with Gasteiger partial charge in [0.05, 0.1) is 30.7 Å². The van der Waals surface area contributed by atoms with E-state index in [1.165, 1.54) is 18.2 Å². The number of benzene rings is 2. The number of carbonyl (C=O) groups is 1. The van der Waals surface area contributed by atoms with Crippen LogP contribution >= 0.6 is 22.9 Å². The van der Waals surface area contributed by atoms with E-state index in [1.54, 1.807) is 16.2 Å². The summed E-state index contributed by atoms with van der Waals surface area (Å²) in [6.07, 6.45) is 2.96. The standard InChI is InChI=1S/C20H19ClN2O3S2/c1-28(25,26)14-8-9-16(21)15(11-14)20(24)23-10-4-5-13(12-23)19-22-17-6-2-3-7-18(17)27-19/h2-3,6-9,11,13H,4-5,10,12H2,1H3/t13-/m1/s1. The molecule has 1 atom stereocenters. The second-order valence-electron chi connectivity index (χ2n) is 7.02. The molecule has 1 aromatic heterocycles. The Morgan fingerprint density at radius 1 is 1.25 bits per heavy atom. The number of rotatable bonds is 3. The Hall–Kier alpha value is -1.96. The van der Waals surface area contributed by atoms with Gasteiger partial charge in [-0.25, -0.2) is 13.4 Å². The number of hydrogen-bond donors (Lipinski definition) is 0. The maximum atomic E-state index is 13.1. The van der Waals surface area contributed by atoms with E-state index in [0.29, 0.717) is 13.1 Å². The zero-order valence-corrected chi connectivity index (χ0v) is 17.6. The summed E-state index contributed by atoms with van der Waals surface area (Å²) in [7, 11) is -3.41. The van der Waals surface area contributed by atoms with Crippen LogP contribution in [0.15, 0.2) is 47.4 Å². The lowest BCUT2D eigenvalue weighted by Gasteiger charge is -2.32. The Kier molecular flexibility index (Phi) is 5.16. The molecule has 3 aromatic rings. The molecule has 1 saturated heterocycles. The van der Waals surface area contributed by atoms with Gasteiger partial charge in [0.2, 0.25) is 0 Å². The highest BCUT2D eigenvalue weighted by atomic mass is 35.5. The number of para-hydroxylation sites is 1. The monoisotopic (exact) mass is 434 g/mol. The molecule has 0 unspecified atom stereocenters. The van der Waals surface area contributed by atoms with Crippen molar-refractivity contribution in [3.05, 3.63) is 58.1 Å². The molecule has 1 aliphatic rings. The molecule has 28 heavy (non-hydrogen) atoms. The molecule has 4 rings (SSSR count). The maximum absolute atomic E-state index is 13.1. The third kappa shape index (κ3) is 3.79. The van der Waals surface area contributed by atoms with Crippen molar-refractivity contribution in [1.82, 2.24) is 9.88 Å². The number of likely N-dealkylation sites (tertiary alicyclic amines) is 1. The van der Waals surface area contributed by atoms with E-state index >= 15 is 0 Å². The van der Waals surface area contributed by atoms with Gasteiger partial charge in [0, 0.05) is 25.3 Å². The van der Waals surface area contributed by atoms with E-state index in [-0.39, 0.29) is 27.3 Å². The molecule has 5 nitrogen and oxygen atoms in total. The molecule has 8 heteroatoms. The van der Waals surface area contributed by atoms with E-state index in [4.69, 9.17) is 16.6 Å². The Morgan fingerprint density at radius 3 is 2.79 bits per heavy atom. The summed E-state index contributed by atoms with van der Waals surface area (Å²) in [4.78, 5) is 19.7. The highest BCUT2D eigenvalue weighted by molar-refractivity contribution is 7.90. The van der Waals surface area contributed by atoms with Crippen molar-refractivity contribution < 1.29 is 13.2 Å². The molecule has 0 spiro atoms. The minimum atomic E-state index is -3.41. The summed E-state index contributed by atoms with van der Waals surface area (Å²) in [6.45, 7) is 1.18. The molecular formula is C20H19ClN2O3S2. The van der Waals surface area contributed by atoms with E-state index in [0.717, 1.165) is 34.3 Å². The Balaban J connectivity index is 1.60. The van der Waals surface area contributed by atoms with Crippen LogP contribution in [0.25, 0.3) is 10.2 Å². The maximum Gasteiger partial charge on any atom is 0.255 e. The zero-order chi connectivity index (χ0) is 19.9. The van der Waals surface area contributed by atoms with Gasteiger partial charge in [0.25, 0.3) is 5.91 Å². The van der Waals surface area contributed by atoms with Crippen LogP contribution in [0.3, 0.4) is 0 Å². The summed E-state index contributed by atoms with van der Waals surface area (Å²) < 4.78 is 24.8. The van der Waals surface area contributed by atoms with Gasteiger partial charge in [-0.1, -0.05) is 23.7 Å². The molecule has 2 heterocycles. The number of fused-ring (bicyclic) bond motifs is 1. The lowest BCUT2D eigenvalue weighted by atomic mass is 9.98. The Bertz CT molecular complexity index is 1120. The number of sulfone groups is 1. The molecule has 0 radical (unpaired) electrons. The van der Waals surface area contributed by atoms with Gasteiger partial charge >= 0.3 is 0 Å². The fraction of sp³-hybridized carbons (Fsp3) is 0.300. The van der Waals surface area contributed by atoms with Crippen molar-refractivity contribution in [2.24, 2.45) is 0 Å². The first-order valence-corrected chi connectivity index (χ1v) is 12.1. The molecule has 0 bridgehead atoms. The number of amides is 1. The van der Waals surface area contributed by atoms with Crippen molar-refractivity contribution in [3.63, 3.8) is 0 Å². The van der Waals surface area contributed by atoms with Crippen LogP contribution in [-0.4, -0.2) is 43.6 Å². The predicted molar refractivity (Wildman–Crippen MR) is 112 cm³/mol. The molecule has 0 aliphatic carbocycles. The quantitative estimate of drug-likeness (QED) is 0.613. The third-order valence-corrected chi connectivity index (χ3v) is 7.60. The van der Waals surface area contributed by atoms with Crippen molar-refractivity contribution in [2.45, 2.75) is 23.7 Å². The van der Waals surface area contributed by atoms with Crippen LogP contribution in [0.4, 0.5) is 0 Å². The Morgan fingerprint density at radius 2 is 2.04 bits per heavy atom. The Labute approximate surface area is 172 Å². The van der Waals surface area contributed by atoms with Crippen molar-refractivity contribution >= 4 is 48.9 Å². The highest BCUT2D eigenvalue weighted by Crippen LogP contribution is 2.34. The molecule has 0 N–H and O–H groups in total. The van der Waals surface area contributed by atoms with E-state index < -0.39 is 9.84 Å². The summed E-state index contributed by atoms with van der Waals surface area (Å²) >= 11 is 7.88. The zero-order valence-electron chi connectivity index (χ0n) is 15.3. The van der Waals surface area contributed by atoms with Gasteiger partial charge < -0.3 is 4.90 Å². The van der Waals surface area contributed by atoms with Crippen LogP contribution in [-0.2, 0) is 9.84 Å². The third-order valence-electron chi connectivity index (χ3n) is 4.96. The molecule has 1 fully saturated rings. The van der Waals surface area contributed by atoms with Crippen LogP contribution in [0.2, 0.25) is 5.02 Å². The number of thiazole rings is 1. The fourth-order valence-electron chi connectivity index (χ4n) is 3.50. The van der Waals surface area contributed by atoms with Crippen molar-refractivity contribution in [2.75, 3.05) is 19.3 Å². The average Bonchev–Trinajstić information content (AvgIpc) is 3.11. The van der Waals surface area contributed by atoms with Gasteiger partial charge in [-0.2, -0.15) is 0 Å². The van der Waals surface area contributed by atoms with Gasteiger partial charge in [-0.05, 0) is 43.2 Å². The molecule has 2 aromatic carbocycles. The van der Waals surface area contributed by atoms with Gasteiger partial charge in [0.15, 0.2) is 9.84 Å².